The van der Waals surface area contributed by atoms with Crippen LogP contribution in [0, 0.1) is 10.1 Å². The van der Waals surface area contributed by atoms with E-state index in [1.54, 1.807) is 6.07 Å². The monoisotopic (exact) mass is 398 g/mol. The number of imidazole rings is 1. The Labute approximate surface area is 164 Å². The average molecular weight is 398 g/mol. The van der Waals surface area contributed by atoms with Crippen LogP contribution in [-0.4, -0.2) is 40.1 Å². The molecule has 3 aromatic rings. The lowest BCUT2D eigenvalue weighted by atomic mass is 10.1. The number of nitrogens with zero attached hydrogens (tertiary/aromatic N) is 2. The van der Waals surface area contributed by atoms with E-state index >= 15 is 0 Å². The molecule has 1 fully saturated rings. The molecule has 1 aliphatic rings. The number of fused-ring (bicyclic) bond motifs is 1. The lowest BCUT2D eigenvalue weighted by Gasteiger charge is -2.12. The molecule has 0 radical (unpaired) electrons. The number of carbonyl (C=O) groups excluding carboxylic acids is 1. The van der Waals surface area contributed by atoms with Gasteiger partial charge in [0, 0.05) is 30.2 Å². The van der Waals surface area contributed by atoms with Crippen LogP contribution in [0.1, 0.15) is 23.2 Å². The number of rotatable bonds is 6. The van der Waals surface area contributed by atoms with Gasteiger partial charge in [0.15, 0.2) is 5.16 Å². The van der Waals surface area contributed by atoms with Crippen LogP contribution < -0.4 is 5.32 Å². The lowest BCUT2D eigenvalue weighted by molar-refractivity contribution is -0.384. The number of para-hydroxylation sites is 2. The first-order valence-electron chi connectivity index (χ1n) is 8.91. The Bertz CT molecular complexity index is 997. The van der Waals surface area contributed by atoms with E-state index in [0.717, 1.165) is 23.9 Å². The van der Waals surface area contributed by atoms with Crippen molar-refractivity contribution in [3.63, 3.8) is 0 Å². The number of ether oxygens (including phenoxy) is 1. The largest absolute Gasteiger partial charge is 0.376 e. The van der Waals surface area contributed by atoms with Crippen molar-refractivity contribution in [2.75, 3.05) is 13.2 Å². The van der Waals surface area contributed by atoms with Gasteiger partial charge in [-0.15, -0.1) is 0 Å². The molecular weight excluding hydrogens is 380 g/mol. The number of amides is 1. The summed E-state index contributed by atoms with van der Waals surface area (Å²) in [4.78, 5) is 31.7. The second kappa shape index (κ2) is 7.99. The molecule has 0 spiro atoms. The van der Waals surface area contributed by atoms with Gasteiger partial charge in [-0.05, 0) is 31.0 Å². The fourth-order valence-electron chi connectivity index (χ4n) is 3.09. The van der Waals surface area contributed by atoms with Gasteiger partial charge in [-0.2, -0.15) is 0 Å². The quantitative estimate of drug-likeness (QED) is 0.485. The summed E-state index contributed by atoms with van der Waals surface area (Å²) in [6, 6.07) is 11.9. The minimum atomic E-state index is -0.507. The standard InChI is InChI=1S/C19H18N4O4S/c24-18(20-11-13-4-3-9-27-13)14-10-12(23(25)26)7-8-17(14)28-19-21-15-5-1-2-6-16(15)22-19/h1-2,5-8,10,13H,3-4,9,11H2,(H,20,24)(H,21,22). The van der Waals surface area contributed by atoms with Crippen molar-refractivity contribution in [2.24, 2.45) is 0 Å². The first-order chi connectivity index (χ1) is 13.6. The first-order valence-corrected chi connectivity index (χ1v) is 9.72. The SMILES string of the molecule is O=C(NCC1CCCO1)c1cc([N+](=O)[O-])ccc1Sc1nc2ccccc2[nH]1. The summed E-state index contributed by atoms with van der Waals surface area (Å²) in [7, 11) is 0. The van der Waals surface area contributed by atoms with Crippen LogP contribution in [0.25, 0.3) is 11.0 Å². The van der Waals surface area contributed by atoms with Crippen molar-refractivity contribution in [3.05, 3.63) is 58.1 Å². The molecule has 0 bridgehead atoms. The zero-order chi connectivity index (χ0) is 19.5. The van der Waals surface area contributed by atoms with Gasteiger partial charge in [0.05, 0.1) is 27.6 Å². The van der Waals surface area contributed by atoms with Gasteiger partial charge in [0.2, 0.25) is 0 Å². The normalized spacial score (nSPS) is 16.4. The predicted molar refractivity (Wildman–Crippen MR) is 105 cm³/mol. The number of nitro groups is 1. The molecule has 2 heterocycles. The third kappa shape index (κ3) is 4.00. The van der Waals surface area contributed by atoms with E-state index in [1.165, 1.54) is 23.9 Å². The predicted octanol–water partition coefficient (Wildman–Crippen LogP) is 3.53. The summed E-state index contributed by atoms with van der Waals surface area (Å²) in [6.45, 7) is 1.08. The number of nitro benzene ring substituents is 1. The third-order valence-electron chi connectivity index (χ3n) is 4.51. The molecule has 1 saturated heterocycles. The van der Waals surface area contributed by atoms with Crippen molar-refractivity contribution in [3.8, 4) is 0 Å². The van der Waals surface area contributed by atoms with Gasteiger partial charge in [0.1, 0.15) is 0 Å². The van der Waals surface area contributed by atoms with Crippen molar-refractivity contribution < 1.29 is 14.5 Å². The smallest absolute Gasteiger partial charge is 0.270 e. The molecular formula is C19H18N4O4S. The fraction of sp³-hybridized carbons (Fsp3) is 0.263. The number of hydrogen-bond donors (Lipinski definition) is 2. The second-order valence-corrected chi connectivity index (χ2v) is 7.47. The van der Waals surface area contributed by atoms with Crippen molar-refractivity contribution in [1.29, 1.82) is 0 Å². The van der Waals surface area contributed by atoms with Crippen LogP contribution in [0.2, 0.25) is 0 Å². The Hall–Kier alpha value is -2.91. The number of non-ortho nitro benzene ring substituents is 1. The Morgan fingerprint density at radius 2 is 2.21 bits per heavy atom. The van der Waals surface area contributed by atoms with Crippen LogP contribution in [0.15, 0.2) is 52.5 Å². The second-order valence-electron chi connectivity index (χ2n) is 6.44. The van der Waals surface area contributed by atoms with Crippen LogP contribution in [-0.2, 0) is 4.74 Å². The number of H-pyrrole nitrogens is 1. The van der Waals surface area contributed by atoms with Crippen molar-refractivity contribution in [2.45, 2.75) is 29.0 Å². The minimum absolute atomic E-state index is 0.00544. The van der Waals surface area contributed by atoms with E-state index in [2.05, 4.69) is 15.3 Å². The van der Waals surface area contributed by atoms with Gasteiger partial charge in [-0.25, -0.2) is 4.98 Å². The van der Waals surface area contributed by atoms with Crippen LogP contribution in [0.5, 0.6) is 0 Å². The summed E-state index contributed by atoms with van der Waals surface area (Å²) in [6.07, 6.45) is 1.87. The fourth-order valence-corrected chi connectivity index (χ4v) is 4.00. The van der Waals surface area contributed by atoms with E-state index in [0.29, 0.717) is 23.2 Å². The highest BCUT2D eigenvalue weighted by atomic mass is 32.2. The van der Waals surface area contributed by atoms with Crippen LogP contribution >= 0.6 is 11.8 Å². The van der Waals surface area contributed by atoms with Gasteiger partial charge in [-0.1, -0.05) is 23.9 Å². The Morgan fingerprint density at radius 1 is 1.36 bits per heavy atom. The maximum absolute atomic E-state index is 12.7. The molecule has 2 N–H and O–H groups in total. The maximum Gasteiger partial charge on any atom is 0.270 e. The molecule has 1 atom stereocenters. The number of benzene rings is 2. The molecule has 4 rings (SSSR count). The number of carbonyl (C=O) groups is 1. The topological polar surface area (TPSA) is 110 Å². The van der Waals surface area contributed by atoms with Crippen molar-refractivity contribution in [1.82, 2.24) is 15.3 Å². The maximum atomic E-state index is 12.7. The minimum Gasteiger partial charge on any atom is -0.376 e. The first kappa shape index (κ1) is 18.5. The number of nitrogens with one attached hydrogen (secondary N) is 2. The molecule has 144 valence electrons. The van der Waals surface area contributed by atoms with E-state index in [4.69, 9.17) is 4.74 Å². The Morgan fingerprint density at radius 3 is 2.96 bits per heavy atom. The Kier molecular flexibility index (Phi) is 5.27. The molecule has 2 aromatic carbocycles. The molecule has 0 aliphatic carbocycles. The molecule has 0 saturated carbocycles. The lowest BCUT2D eigenvalue weighted by Crippen LogP contribution is -2.32. The molecule has 1 amide bonds. The van der Waals surface area contributed by atoms with E-state index in [-0.39, 0.29) is 23.3 Å². The molecule has 28 heavy (non-hydrogen) atoms. The summed E-state index contributed by atoms with van der Waals surface area (Å²) in [5.74, 6) is -0.363. The summed E-state index contributed by atoms with van der Waals surface area (Å²) in [5, 5.41) is 14.6. The van der Waals surface area contributed by atoms with Gasteiger partial charge >= 0.3 is 0 Å². The van der Waals surface area contributed by atoms with Crippen LogP contribution in [0.3, 0.4) is 0 Å². The highest BCUT2D eigenvalue weighted by molar-refractivity contribution is 7.99. The molecule has 1 aromatic heterocycles. The van der Waals surface area contributed by atoms with E-state index in [9.17, 15) is 14.9 Å². The average Bonchev–Trinajstić information content (AvgIpc) is 3.35. The van der Waals surface area contributed by atoms with Crippen molar-refractivity contribution >= 4 is 34.4 Å². The Balaban J connectivity index is 1.59. The highest BCUT2D eigenvalue weighted by Crippen LogP contribution is 2.32. The zero-order valence-electron chi connectivity index (χ0n) is 14.9. The number of aromatic amines is 1. The summed E-state index contributed by atoms with van der Waals surface area (Å²) < 4.78 is 5.52. The summed E-state index contributed by atoms with van der Waals surface area (Å²) >= 11 is 1.27. The molecule has 1 unspecified atom stereocenters. The van der Waals surface area contributed by atoms with Crippen LogP contribution in [0.4, 0.5) is 5.69 Å². The molecule has 8 nitrogen and oxygen atoms in total. The molecule has 1 aliphatic heterocycles. The van der Waals surface area contributed by atoms with Gasteiger partial charge < -0.3 is 15.0 Å². The van der Waals surface area contributed by atoms with Gasteiger partial charge in [0.25, 0.3) is 11.6 Å². The van der Waals surface area contributed by atoms with E-state index < -0.39 is 4.92 Å². The third-order valence-corrected chi connectivity index (χ3v) is 5.47. The molecule has 9 heteroatoms. The number of hydrogen-bond acceptors (Lipinski definition) is 6. The summed E-state index contributed by atoms with van der Waals surface area (Å²) in [5.41, 5.74) is 1.82. The highest BCUT2D eigenvalue weighted by Gasteiger charge is 2.21. The van der Waals surface area contributed by atoms with Gasteiger partial charge in [-0.3, -0.25) is 14.9 Å². The zero-order valence-corrected chi connectivity index (χ0v) is 15.7. The van der Waals surface area contributed by atoms with E-state index in [1.807, 2.05) is 24.3 Å². The number of aromatic nitrogens is 2.